The van der Waals surface area contributed by atoms with Crippen molar-refractivity contribution in [1.29, 1.82) is 0 Å². The van der Waals surface area contributed by atoms with E-state index in [0.717, 1.165) is 11.3 Å². The summed E-state index contributed by atoms with van der Waals surface area (Å²) in [6.45, 7) is 7.30. The van der Waals surface area contributed by atoms with E-state index in [1.807, 2.05) is 39.0 Å². The maximum Gasteiger partial charge on any atom is 0.336 e. The minimum atomic E-state index is -0.690. The Labute approximate surface area is 240 Å². The molecule has 2 atom stereocenters. The highest BCUT2D eigenvalue weighted by Gasteiger charge is 2.42. The summed E-state index contributed by atoms with van der Waals surface area (Å²) in [7, 11) is 4.63. The lowest BCUT2D eigenvalue weighted by Crippen LogP contribution is -2.36. The Kier molecular flexibility index (Phi) is 9.05. The van der Waals surface area contributed by atoms with Crippen LogP contribution in [-0.2, 0) is 19.1 Å². The quantitative estimate of drug-likeness (QED) is 0.325. The first-order valence-electron chi connectivity index (χ1n) is 13.6. The van der Waals surface area contributed by atoms with E-state index in [-0.39, 0.29) is 36.4 Å². The maximum atomic E-state index is 14.0. The fourth-order valence-electron chi connectivity index (χ4n) is 5.41. The Morgan fingerprint density at radius 2 is 1.51 bits per heavy atom. The Hall–Kier alpha value is -4.27. The number of rotatable bonds is 9. The Bertz CT molecular complexity index is 1420. The molecule has 0 bridgehead atoms. The van der Waals surface area contributed by atoms with Gasteiger partial charge in [0, 0.05) is 36.2 Å². The molecule has 2 aromatic carbocycles. The van der Waals surface area contributed by atoms with Crippen LogP contribution >= 0.6 is 0 Å². The zero-order chi connectivity index (χ0) is 29.8. The molecule has 0 spiro atoms. The van der Waals surface area contributed by atoms with Crippen LogP contribution in [-0.4, -0.2) is 45.7 Å². The van der Waals surface area contributed by atoms with Gasteiger partial charge in [0.05, 0.1) is 33.5 Å². The molecule has 9 heteroatoms. The van der Waals surface area contributed by atoms with Crippen LogP contribution < -0.4 is 24.3 Å². The number of hydrogen-bond donors (Lipinski definition) is 1. The fourth-order valence-corrected chi connectivity index (χ4v) is 5.41. The number of nitrogens with one attached hydrogen (secondary N) is 1. The Morgan fingerprint density at radius 3 is 2.15 bits per heavy atom. The predicted octanol–water partition coefficient (Wildman–Crippen LogP) is 5.20. The lowest BCUT2D eigenvalue weighted by molar-refractivity contribution is -0.140. The average molecular weight is 564 g/mol. The standard InChI is InChI=1S/C32H37NO8/c1-17(2)16-40-32(36)29-18(3)33-23-12-22(20-8-10-25(37-5)27(14-20)38-6)13-24(35)31(23)30(29)21-9-11-26(41-19(4)34)28(15-21)39-7/h8-11,14-15,17,22,30,33H,12-13,16H2,1-7H3. The van der Waals surface area contributed by atoms with E-state index >= 15 is 0 Å². The van der Waals surface area contributed by atoms with Crippen molar-refractivity contribution >= 4 is 17.7 Å². The summed E-state index contributed by atoms with van der Waals surface area (Å²) in [5.41, 5.74) is 3.87. The van der Waals surface area contributed by atoms with E-state index in [4.69, 9.17) is 23.7 Å². The van der Waals surface area contributed by atoms with Gasteiger partial charge >= 0.3 is 11.9 Å². The van der Waals surface area contributed by atoms with Crippen LogP contribution in [0.5, 0.6) is 23.0 Å². The number of carbonyl (C=O) groups excluding carboxylic acids is 3. The van der Waals surface area contributed by atoms with Crippen molar-refractivity contribution in [1.82, 2.24) is 5.32 Å². The molecule has 1 heterocycles. The third kappa shape index (κ3) is 6.24. The highest BCUT2D eigenvalue weighted by molar-refractivity contribution is 6.04. The largest absolute Gasteiger partial charge is 0.493 e. The van der Waals surface area contributed by atoms with E-state index in [1.54, 1.807) is 32.4 Å². The third-order valence-corrected chi connectivity index (χ3v) is 7.25. The van der Waals surface area contributed by atoms with Crippen LogP contribution in [0.2, 0.25) is 0 Å². The molecular weight excluding hydrogens is 526 g/mol. The minimum Gasteiger partial charge on any atom is -0.493 e. The van der Waals surface area contributed by atoms with Crippen LogP contribution in [0, 0.1) is 5.92 Å². The third-order valence-electron chi connectivity index (χ3n) is 7.25. The molecule has 9 nitrogen and oxygen atoms in total. The summed E-state index contributed by atoms with van der Waals surface area (Å²) in [5.74, 6) is 0.0826. The lowest BCUT2D eigenvalue weighted by Gasteiger charge is -2.37. The van der Waals surface area contributed by atoms with E-state index in [0.29, 0.717) is 46.1 Å². The van der Waals surface area contributed by atoms with Crippen molar-refractivity contribution < 1.29 is 38.1 Å². The molecule has 0 aromatic heterocycles. The molecule has 1 aliphatic heterocycles. The highest BCUT2D eigenvalue weighted by Crippen LogP contribution is 2.47. The van der Waals surface area contributed by atoms with Crippen LogP contribution in [0.25, 0.3) is 0 Å². The van der Waals surface area contributed by atoms with Crippen LogP contribution in [0.3, 0.4) is 0 Å². The molecular formula is C32H37NO8. The van der Waals surface area contributed by atoms with Gasteiger partial charge in [0.25, 0.3) is 0 Å². The van der Waals surface area contributed by atoms with Gasteiger partial charge < -0.3 is 29.0 Å². The van der Waals surface area contributed by atoms with E-state index in [1.165, 1.54) is 14.0 Å². The minimum absolute atomic E-state index is 0.0757. The second-order valence-corrected chi connectivity index (χ2v) is 10.6. The highest BCUT2D eigenvalue weighted by atomic mass is 16.6. The van der Waals surface area contributed by atoms with Crippen molar-refractivity contribution in [2.45, 2.75) is 52.4 Å². The van der Waals surface area contributed by atoms with Crippen molar-refractivity contribution in [3.63, 3.8) is 0 Å². The number of benzene rings is 2. The van der Waals surface area contributed by atoms with E-state index in [9.17, 15) is 14.4 Å². The van der Waals surface area contributed by atoms with Gasteiger partial charge in [-0.15, -0.1) is 0 Å². The van der Waals surface area contributed by atoms with Crippen molar-refractivity contribution in [2.75, 3.05) is 27.9 Å². The predicted molar refractivity (Wildman–Crippen MR) is 152 cm³/mol. The second-order valence-electron chi connectivity index (χ2n) is 10.6. The first-order chi connectivity index (χ1) is 19.6. The lowest BCUT2D eigenvalue weighted by atomic mass is 9.71. The molecule has 218 valence electrons. The summed E-state index contributed by atoms with van der Waals surface area (Å²) in [6.07, 6.45) is 0.809. The molecule has 0 saturated carbocycles. The molecule has 0 radical (unpaired) electrons. The molecule has 1 N–H and O–H groups in total. The number of ketones is 1. The molecule has 1 aliphatic carbocycles. The number of methoxy groups -OCH3 is 3. The number of dihydropyridines is 1. The Balaban J connectivity index is 1.80. The molecule has 0 fully saturated rings. The topological polar surface area (TPSA) is 109 Å². The van der Waals surface area contributed by atoms with Gasteiger partial charge in [0.15, 0.2) is 28.8 Å². The smallest absolute Gasteiger partial charge is 0.336 e. The SMILES string of the molecule is COc1ccc(C2CC(=O)C3=C(C2)NC(C)=C(C(=O)OCC(C)C)C3c2ccc(OC(C)=O)c(OC)c2)cc1OC. The van der Waals surface area contributed by atoms with Gasteiger partial charge in [-0.1, -0.05) is 26.0 Å². The maximum absolute atomic E-state index is 14.0. The van der Waals surface area contributed by atoms with Crippen molar-refractivity contribution in [2.24, 2.45) is 5.92 Å². The zero-order valence-corrected chi connectivity index (χ0v) is 24.6. The van der Waals surface area contributed by atoms with Crippen LogP contribution in [0.1, 0.15) is 63.5 Å². The van der Waals surface area contributed by atoms with E-state index in [2.05, 4.69) is 5.32 Å². The summed E-state index contributed by atoms with van der Waals surface area (Å²) < 4.78 is 27.3. The number of Topliss-reactive ketones (excluding diaryl/α,β-unsaturated/α-hetero) is 1. The summed E-state index contributed by atoms with van der Waals surface area (Å²) in [6, 6.07) is 10.8. The number of esters is 2. The van der Waals surface area contributed by atoms with Gasteiger partial charge in [-0.3, -0.25) is 9.59 Å². The monoisotopic (exact) mass is 563 g/mol. The number of ether oxygens (including phenoxy) is 5. The second kappa shape index (κ2) is 12.5. The number of hydrogen-bond acceptors (Lipinski definition) is 9. The molecule has 0 amide bonds. The average Bonchev–Trinajstić information content (AvgIpc) is 2.94. The molecule has 41 heavy (non-hydrogen) atoms. The van der Waals surface area contributed by atoms with Crippen molar-refractivity contribution in [3.05, 3.63) is 70.1 Å². The van der Waals surface area contributed by atoms with Gasteiger partial charge in [-0.05, 0) is 60.6 Å². The van der Waals surface area contributed by atoms with Crippen LogP contribution in [0.15, 0.2) is 58.9 Å². The van der Waals surface area contributed by atoms with Crippen molar-refractivity contribution in [3.8, 4) is 23.0 Å². The van der Waals surface area contributed by atoms with Crippen LogP contribution in [0.4, 0.5) is 0 Å². The van der Waals surface area contributed by atoms with Gasteiger partial charge in [0.1, 0.15) is 0 Å². The fraction of sp³-hybridized carbons (Fsp3) is 0.406. The first-order valence-corrected chi connectivity index (χ1v) is 13.6. The number of allylic oxidation sites excluding steroid dienone is 3. The summed E-state index contributed by atoms with van der Waals surface area (Å²) in [5, 5.41) is 3.37. The zero-order valence-electron chi connectivity index (χ0n) is 24.6. The van der Waals surface area contributed by atoms with Gasteiger partial charge in [0.2, 0.25) is 0 Å². The van der Waals surface area contributed by atoms with Gasteiger partial charge in [-0.25, -0.2) is 4.79 Å². The molecule has 0 saturated heterocycles. The summed E-state index contributed by atoms with van der Waals surface area (Å²) >= 11 is 0. The normalized spacial score (nSPS) is 18.5. The Morgan fingerprint density at radius 1 is 0.902 bits per heavy atom. The summed E-state index contributed by atoms with van der Waals surface area (Å²) in [4.78, 5) is 39.0. The molecule has 2 aromatic rings. The van der Waals surface area contributed by atoms with Gasteiger partial charge in [-0.2, -0.15) is 0 Å². The molecule has 4 rings (SSSR count). The first kappa shape index (κ1) is 29.7. The number of carbonyl (C=O) groups is 3. The molecule has 2 aliphatic rings. The molecule has 2 unspecified atom stereocenters. The van der Waals surface area contributed by atoms with E-state index < -0.39 is 17.9 Å².